The molecular formula is C18H24N2O4. The summed E-state index contributed by atoms with van der Waals surface area (Å²) < 4.78 is 0. The summed E-state index contributed by atoms with van der Waals surface area (Å²) in [6.45, 7) is 0. The van der Waals surface area contributed by atoms with E-state index >= 15 is 0 Å². The zero-order valence-corrected chi connectivity index (χ0v) is 13.9. The molecule has 6 heteroatoms. The maximum absolute atomic E-state index is 12.5. The van der Waals surface area contributed by atoms with Crippen LogP contribution in [0.2, 0.25) is 0 Å². The average molecular weight is 332 g/mol. The van der Waals surface area contributed by atoms with Crippen LogP contribution in [-0.2, 0) is 4.79 Å². The van der Waals surface area contributed by atoms with Crippen molar-refractivity contribution in [3.8, 4) is 0 Å². The number of carboxylic acids is 1. The summed E-state index contributed by atoms with van der Waals surface area (Å²) >= 11 is 0. The Bertz CT molecular complexity index is 615. The molecule has 130 valence electrons. The van der Waals surface area contributed by atoms with Crippen LogP contribution in [0.15, 0.2) is 24.3 Å². The number of aliphatic carboxylic acids is 1. The highest BCUT2D eigenvalue weighted by atomic mass is 16.4. The zero-order chi connectivity index (χ0) is 17.5. The Balaban J connectivity index is 2.13. The third-order valence-corrected chi connectivity index (χ3v) is 4.51. The molecule has 3 N–H and O–H groups in total. The number of amides is 2. The first-order valence-corrected chi connectivity index (χ1v) is 8.38. The van der Waals surface area contributed by atoms with Crippen molar-refractivity contribution in [2.45, 2.75) is 44.6 Å². The summed E-state index contributed by atoms with van der Waals surface area (Å²) in [5.74, 6) is -2.02. The van der Waals surface area contributed by atoms with E-state index in [1.165, 1.54) is 13.1 Å². The number of hydrogen-bond donors (Lipinski definition) is 3. The molecule has 2 amide bonds. The van der Waals surface area contributed by atoms with Gasteiger partial charge in [0.1, 0.15) is 0 Å². The standard InChI is InChI=1S/C18H24N2O4/c1-19-16(21)12-7-6-8-13(11-12)17(22)20-15-10-5-3-2-4-9-14(15)18(23)24/h6-8,11,14-15H,2-5,9-10H2,1H3,(H,19,21)(H,20,22)(H,23,24). The molecule has 24 heavy (non-hydrogen) atoms. The van der Waals surface area contributed by atoms with Crippen LogP contribution in [0, 0.1) is 5.92 Å². The van der Waals surface area contributed by atoms with Crippen LogP contribution < -0.4 is 10.6 Å². The number of rotatable bonds is 4. The van der Waals surface area contributed by atoms with Gasteiger partial charge in [-0.05, 0) is 31.0 Å². The van der Waals surface area contributed by atoms with Crippen molar-refractivity contribution in [2.24, 2.45) is 5.92 Å². The molecule has 0 aromatic heterocycles. The Hall–Kier alpha value is -2.37. The molecule has 0 aliphatic heterocycles. The summed E-state index contributed by atoms with van der Waals surface area (Å²) in [5, 5.41) is 14.8. The molecule has 1 fully saturated rings. The lowest BCUT2D eigenvalue weighted by atomic mass is 9.86. The Morgan fingerprint density at radius 1 is 1.00 bits per heavy atom. The minimum Gasteiger partial charge on any atom is -0.481 e. The average Bonchev–Trinajstić information content (AvgIpc) is 2.56. The smallest absolute Gasteiger partial charge is 0.308 e. The van der Waals surface area contributed by atoms with Gasteiger partial charge in [0, 0.05) is 24.2 Å². The van der Waals surface area contributed by atoms with Crippen LogP contribution in [-0.4, -0.2) is 36.0 Å². The van der Waals surface area contributed by atoms with Crippen LogP contribution in [0.4, 0.5) is 0 Å². The normalized spacial score (nSPS) is 21.2. The Kier molecular flexibility index (Phi) is 6.35. The number of nitrogens with one attached hydrogen (secondary N) is 2. The maximum atomic E-state index is 12.5. The molecule has 1 aliphatic rings. The molecule has 0 saturated heterocycles. The first-order chi connectivity index (χ1) is 11.5. The second-order valence-corrected chi connectivity index (χ2v) is 6.18. The minimum atomic E-state index is -0.860. The van der Waals surface area contributed by atoms with Gasteiger partial charge in [-0.2, -0.15) is 0 Å². The van der Waals surface area contributed by atoms with Gasteiger partial charge < -0.3 is 15.7 Å². The van der Waals surface area contributed by atoms with Crippen LogP contribution in [0.1, 0.15) is 59.2 Å². The van der Waals surface area contributed by atoms with Crippen molar-refractivity contribution in [3.63, 3.8) is 0 Å². The topological polar surface area (TPSA) is 95.5 Å². The SMILES string of the molecule is CNC(=O)c1cccc(C(=O)NC2CCCCCCC2C(=O)O)c1. The van der Waals surface area contributed by atoms with Gasteiger partial charge in [-0.25, -0.2) is 0 Å². The predicted octanol–water partition coefficient (Wildman–Crippen LogP) is 2.20. The Morgan fingerprint density at radius 2 is 1.62 bits per heavy atom. The van der Waals surface area contributed by atoms with Crippen molar-refractivity contribution < 1.29 is 19.5 Å². The number of carbonyl (C=O) groups is 3. The molecule has 1 aliphatic carbocycles. The summed E-state index contributed by atoms with van der Waals surface area (Å²) in [5.41, 5.74) is 0.764. The van der Waals surface area contributed by atoms with Gasteiger partial charge >= 0.3 is 5.97 Å². The van der Waals surface area contributed by atoms with E-state index in [4.69, 9.17) is 0 Å². The second-order valence-electron chi connectivity index (χ2n) is 6.18. The van der Waals surface area contributed by atoms with Crippen LogP contribution in [0.3, 0.4) is 0 Å². The molecule has 1 aromatic rings. The fourth-order valence-corrected chi connectivity index (χ4v) is 3.15. The van der Waals surface area contributed by atoms with Crippen molar-refractivity contribution in [3.05, 3.63) is 35.4 Å². The monoisotopic (exact) mass is 332 g/mol. The predicted molar refractivity (Wildman–Crippen MR) is 89.9 cm³/mol. The highest BCUT2D eigenvalue weighted by molar-refractivity contribution is 5.99. The zero-order valence-electron chi connectivity index (χ0n) is 13.9. The summed E-state index contributed by atoms with van der Waals surface area (Å²) in [6.07, 6.45) is 5.13. The molecule has 1 saturated carbocycles. The molecule has 0 radical (unpaired) electrons. The van der Waals surface area contributed by atoms with E-state index in [0.29, 0.717) is 24.0 Å². The van der Waals surface area contributed by atoms with Gasteiger partial charge in [-0.3, -0.25) is 14.4 Å². The molecule has 2 unspecified atom stereocenters. The maximum Gasteiger partial charge on any atom is 0.308 e. The van der Waals surface area contributed by atoms with E-state index in [0.717, 1.165) is 25.7 Å². The molecule has 0 heterocycles. The van der Waals surface area contributed by atoms with Crippen molar-refractivity contribution in [2.75, 3.05) is 7.05 Å². The van der Waals surface area contributed by atoms with E-state index in [2.05, 4.69) is 10.6 Å². The van der Waals surface area contributed by atoms with Crippen molar-refractivity contribution >= 4 is 17.8 Å². The third kappa shape index (κ3) is 4.57. The van der Waals surface area contributed by atoms with Crippen LogP contribution in [0.25, 0.3) is 0 Å². The lowest BCUT2D eigenvalue weighted by Gasteiger charge is -2.27. The lowest BCUT2D eigenvalue weighted by Crippen LogP contribution is -2.44. The molecule has 2 rings (SSSR count). The molecular weight excluding hydrogens is 308 g/mol. The molecule has 0 spiro atoms. The van der Waals surface area contributed by atoms with Gasteiger partial charge in [0.05, 0.1) is 5.92 Å². The summed E-state index contributed by atoms with van der Waals surface area (Å²) in [7, 11) is 1.53. The first-order valence-electron chi connectivity index (χ1n) is 8.38. The number of benzene rings is 1. The van der Waals surface area contributed by atoms with E-state index in [9.17, 15) is 19.5 Å². The largest absolute Gasteiger partial charge is 0.481 e. The van der Waals surface area contributed by atoms with Crippen molar-refractivity contribution in [1.29, 1.82) is 0 Å². The Labute approximate surface area is 141 Å². The summed E-state index contributed by atoms with van der Waals surface area (Å²) in [6, 6.07) is 6.05. The molecule has 2 atom stereocenters. The highest BCUT2D eigenvalue weighted by Gasteiger charge is 2.30. The first kappa shape index (κ1) is 18.0. The van der Waals surface area contributed by atoms with Crippen molar-refractivity contribution in [1.82, 2.24) is 10.6 Å². The van der Waals surface area contributed by atoms with E-state index in [-0.39, 0.29) is 17.9 Å². The third-order valence-electron chi connectivity index (χ3n) is 4.51. The number of hydrogen-bond acceptors (Lipinski definition) is 3. The van der Waals surface area contributed by atoms with Crippen LogP contribution >= 0.6 is 0 Å². The minimum absolute atomic E-state index is 0.265. The molecule has 6 nitrogen and oxygen atoms in total. The Morgan fingerprint density at radius 3 is 2.25 bits per heavy atom. The van der Waals surface area contributed by atoms with E-state index < -0.39 is 11.9 Å². The van der Waals surface area contributed by atoms with Gasteiger partial charge in [0.25, 0.3) is 11.8 Å². The quantitative estimate of drug-likeness (QED) is 0.787. The summed E-state index contributed by atoms with van der Waals surface area (Å²) in [4.78, 5) is 35.7. The number of carboxylic acid groups (broad SMARTS) is 1. The number of carbonyl (C=O) groups excluding carboxylic acids is 2. The molecule has 1 aromatic carbocycles. The fourth-order valence-electron chi connectivity index (χ4n) is 3.15. The fraction of sp³-hybridized carbons (Fsp3) is 0.500. The van der Waals surface area contributed by atoms with E-state index in [1.807, 2.05) is 0 Å². The van der Waals surface area contributed by atoms with Crippen LogP contribution in [0.5, 0.6) is 0 Å². The lowest BCUT2D eigenvalue weighted by molar-refractivity contribution is -0.143. The molecule has 0 bridgehead atoms. The second kappa shape index (κ2) is 8.47. The highest BCUT2D eigenvalue weighted by Crippen LogP contribution is 2.23. The van der Waals surface area contributed by atoms with E-state index in [1.54, 1.807) is 18.2 Å². The van der Waals surface area contributed by atoms with Gasteiger partial charge in [0.15, 0.2) is 0 Å². The van der Waals surface area contributed by atoms with Gasteiger partial charge in [-0.15, -0.1) is 0 Å². The van der Waals surface area contributed by atoms with Gasteiger partial charge in [0.2, 0.25) is 0 Å². The van der Waals surface area contributed by atoms with Gasteiger partial charge in [-0.1, -0.05) is 31.7 Å².